The first kappa shape index (κ1) is 45.5. The average molecular weight is 685 g/mol. The Kier molecular flexibility index (Phi) is 24.1. The van der Waals surface area contributed by atoms with Gasteiger partial charge in [-0.05, 0) is 71.6 Å². The predicted molar refractivity (Wildman–Crippen MR) is 189 cm³/mol. The van der Waals surface area contributed by atoms with Gasteiger partial charge in [-0.25, -0.2) is 0 Å². The van der Waals surface area contributed by atoms with Crippen molar-refractivity contribution < 1.29 is 38.1 Å². The average Bonchev–Trinajstić information content (AvgIpc) is 2.96. The monoisotopic (exact) mass is 685 g/mol. The van der Waals surface area contributed by atoms with Gasteiger partial charge in [-0.15, -0.1) is 0 Å². The van der Waals surface area contributed by atoms with Crippen LogP contribution in [0.1, 0.15) is 107 Å². The van der Waals surface area contributed by atoms with E-state index in [1.165, 1.54) is 0 Å². The molecule has 4 amide bonds. The Labute approximate surface area is 290 Å². The smallest absolute Gasteiger partial charge is 0.246 e. The molecule has 1 atom stereocenters. The van der Waals surface area contributed by atoms with Gasteiger partial charge in [-0.1, -0.05) is 39.8 Å². The maximum absolute atomic E-state index is 12.4. The quantitative estimate of drug-likeness (QED) is 0.0680. The van der Waals surface area contributed by atoms with Crippen LogP contribution in [0.4, 0.5) is 0 Å². The Bertz CT molecular complexity index is 952. The van der Waals surface area contributed by atoms with E-state index < -0.39 is 5.60 Å². The zero-order chi connectivity index (χ0) is 36.6. The molecule has 0 aliphatic heterocycles. The number of rotatable bonds is 29. The number of ether oxygens (including phenoxy) is 4. The van der Waals surface area contributed by atoms with Crippen molar-refractivity contribution in [2.24, 2.45) is 11.3 Å². The molecule has 48 heavy (non-hydrogen) atoms. The van der Waals surface area contributed by atoms with Gasteiger partial charge in [0.15, 0.2) is 0 Å². The van der Waals surface area contributed by atoms with Crippen molar-refractivity contribution in [3.8, 4) is 0 Å². The third-order valence-electron chi connectivity index (χ3n) is 7.66. The van der Waals surface area contributed by atoms with Gasteiger partial charge in [-0.3, -0.25) is 19.2 Å². The van der Waals surface area contributed by atoms with Gasteiger partial charge in [0.1, 0.15) is 6.61 Å². The number of nitrogens with one attached hydrogen (secondary N) is 4. The zero-order valence-electron chi connectivity index (χ0n) is 31.5. The van der Waals surface area contributed by atoms with Crippen molar-refractivity contribution in [2.75, 3.05) is 59.3 Å². The van der Waals surface area contributed by atoms with Crippen molar-refractivity contribution in [2.45, 2.75) is 125 Å². The molecular formula is C36H68N4O8. The minimum absolute atomic E-state index is 0.0106. The minimum Gasteiger partial charge on any atom is -0.379 e. The highest BCUT2D eigenvalue weighted by Gasteiger charge is 2.26. The summed E-state index contributed by atoms with van der Waals surface area (Å²) in [5, 5.41) is 11.4. The lowest BCUT2D eigenvalue weighted by atomic mass is 9.79. The summed E-state index contributed by atoms with van der Waals surface area (Å²) in [6.45, 7) is 25.5. The molecule has 280 valence electrons. The molecular weight excluding hydrogens is 616 g/mol. The van der Waals surface area contributed by atoms with Crippen LogP contribution in [0.15, 0.2) is 12.2 Å². The van der Waals surface area contributed by atoms with Crippen molar-refractivity contribution in [1.82, 2.24) is 21.3 Å². The highest BCUT2D eigenvalue weighted by Crippen LogP contribution is 2.33. The van der Waals surface area contributed by atoms with Crippen molar-refractivity contribution in [3.05, 3.63) is 12.2 Å². The molecule has 0 rings (SSSR count). The molecule has 0 aromatic carbocycles. The Balaban J connectivity index is 4.09. The molecule has 0 saturated heterocycles. The molecule has 0 radical (unpaired) electrons. The maximum atomic E-state index is 12.4. The van der Waals surface area contributed by atoms with Gasteiger partial charge in [0.2, 0.25) is 23.6 Å². The predicted octanol–water partition coefficient (Wildman–Crippen LogP) is 4.06. The number of allylic oxidation sites excluding steroid dienone is 1. The molecule has 0 aromatic heterocycles. The first-order valence-electron chi connectivity index (χ1n) is 17.6. The summed E-state index contributed by atoms with van der Waals surface area (Å²) in [4.78, 5) is 48.1. The molecule has 1 unspecified atom stereocenters. The van der Waals surface area contributed by atoms with E-state index in [2.05, 4.69) is 55.5 Å². The van der Waals surface area contributed by atoms with Crippen molar-refractivity contribution >= 4 is 23.6 Å². The first-order chi connectivity index (χ1) is 22.4. The number of carbonyl (C=O) groups is 4. The lowest BCUT2D eigenvalue weighted by Crippen LogP contribution is -2.36. The molecule has 12 nitrogen and oxygen atoms in total. The molecule has 12 heteroatoms. The molecule has 0 heterocycles. The van der Waals surface area contributed by atoms with E-state index in [9.17, 15) is 19.2 Å². The standard InChI is InChI=1S/C36H68N4O8/c1-27(2)13-19-47-26-34(44)38-18-24-46-21-15-32(42)40-30(6)12-11-29(5)35(7,8)16-22-48-36(9,10)25-33(43)37-17-23-45-20-14-31(41)39-28(3)4/h27-28,30H,5,11-26H2,1-4,6-10H3,(H,37,43)(H,38,44)(H,39,41)(H,40,42). The minimum atomic E-state index is -0.629. The fourth-order valence-electron chi connectivity index (χ4n) is 4.40. The van der Waals surface area contributed by atoms with Gasteiger partial charge < -0.3 is 40.2 Å². The van der Waals surface area contributed by atoms with E-state index in [1.54, 1.807) is 0 Å². The zero-order valence-corrected chi connectivity index (χ0v) is 31.5. The van der Waals surface area contributed by atoms with Gasteiger partial charge in [0.05, 0.1) is 38.4 Å². The molecule has 0 aliphatic rings. The van der Waals surface area contributed by atoms with E-state index in [0.29, 0.717) is 58.5 Å². The number of hydrogen-bond acceptors (Lipinski definition) is 8. The van der Waals surface area contributed by atoms with Crippen LogP contribution >= 0.6 is 0 Å². The van der Waals surface area contributed by atoms with Gasteiger partial charge >= 0.3 is 0 Å². The summed E-state index contributed by atoms with van der Waals surface area (Å²) >= 11 is 0. The summed E-state index contributed by atoms with van der Waals surface area (Å²) in [6.07, 6.45) is 3.97. The van der Waals surface area contributed by atoms with Gasteiger partial charge in [-0.2, -0.15) is 0 Å². The number of hydrogen-bond donors (Lipinski definition) is 4. The highest BCUT2D eigenvalue weighted by atomic mass is 16.5. The number of amides is 4. The summed E-state index contributed by atoms with van der Waals surface area (Å²) < 4.78 is 22.4. The molecule has 0 saturated carbocycles. The second-order valence-electron chi connectivity index (χ2n) is 14.4. The third-order valence-corrected chi connectivity index (χ3v) is 7.66. The van der Waals surface area contributed by atoms with Crippen molar-refractivity contribution in [1.29, 1.82) is 0 Å². The van der Waals surface area contributed by atoms with Crippen LogP contribution in [0.3, 0.4) is 0 Å². The summed E-state index contributed by atoms with van der Waals surface area (Å²) in [7, 11) is 0. The fraction of sp³-hybridized carbons (Fsp3) is 0.833. The van der Waals surface area contributed by atoms with E-state index in [-0.39, 0.29) is 67.2 Å². The fourth-order valence-corrected chi connectivity index (χ4v) is 4.40. The second-order valence-corrected chi connectivity index (χ2v) is 14.4. The van der Waals surface area contributed by atoms with Crippen LogP contribution in [0.25, 0.3) is 0 Å². The third kappa shape index (κ3) is 26.4. The Morgan fingerprint density at radius 2 is 1.21 bits per heavy atom. The summed E-state index contributed by atoms with van der Waals surface area (Å²) in [5.41, 5.74) is 0.282. The lowest BCUT2D eigenvalue weighted by molar-refractivity contribution is -0.128. The van der Waals surface area contributed by atoms with Crippen molar-refractivity contribution in [3.63, 3.8) is 0 Å². The van der Waals surface area contributed by atoms with E-state index in [1.807, 2.05) is 34.6 Å². The Morgan fingerprint density at radius 1 is 0.646 bits per heavy atom. The summed E-state index contributed by atoms with van der Waals surface area (Å²) in [6, 6.07) is 0.0919. The lowest BCUT2D eigenvalue weighted by Gasteiger charge is -2.31. The first-order valence-corrected chi connectivity index (χ1v) is 17.6. The van der Waals surface area contributed by atoms with Gasteiger partial charge in [0.25, 0.3) is 0 Å². The molecule has 4 N–H and O–H groups in total. The SMILES string of the molecule is C=C(CCC(C)NC(=O)CCOCCNC(=O)COCCC(C)C)C(C)(C)CCOC(C)(C)CC(=O)NCCOCCC(=O)NC(C)C. The Morgan fingerprint density at radius 3 is 1.77 bits per heavy atom. The maximum Gasteiger partial charge on any atom is 0.246 e. The van der Waals surface area contributed by atoms with Crippen LogP contribution in [-0.4, -0.2) is 101 Å². The van der Waals surface area contributed by atoms with E-state index >= 15 is 0 Å². The molecule has 0 bridgehead atoms. The second kappa shape index (κ2) is 25.4. The normalized spacial score (nSPS) is 12.6. The van der Waals surface area contributed by atoms with Crippen LogP contribution in [0.2, 0.25) is 0 Å². The van der Waals surface area contributed by atoms with E-state index in [4.69, 9.17) is 18.9 Å². The van der Waals surface area contributed by atoms with E-state index in [0.717, 1.165) is 31.3 Å². The van der Waals surface area contributed by atoms with Crippen LogP contribution in [0, 0.1) is 11.3 Å². The summed E-state index contributed by atoms with van der Waals surface area (Å²) in [5.74, 6) is 0.130. The molecule has 0 spiro atoms. The highest BCUT2D eigenvalue weighted by molar-refractivity contribution is 5.77. The molecule has 0 aliphatic carbocycles. The topological polar surface area (TPSA) is 153 Å². The Hall–Kier alpha value is -2.54. The van der Waals surface area contributed by atoms with Crippen LogP contribution in [0.5, 0.6) is 0 Å². The number of carbonyl (C=O) groups excluding carboxylic acids is 4. The molecule has 0 aromatic rings. The van der Waals surface area contributed by atoms with Gasteiger partial charge in [0, 0.05) is 51.2 Å². The van der Waals surface area contributed by atoms with Crippen LogP contribution < -0.4 is 21.3 Å². The largest absolute Gasteiger partial charge is 0.379 e. The van der Waals surface area contributed by atoms with Crippen LogP contribution in [-0.2, 0) is 38.1 Å². The molecule has 0 fully saturated rings.